The van der Waals surface area contributed by atoms with Crippen molar-refractivity contribution in [3.05, 3.63) is 58.4 Å². The Morgan fingerprint density at radius 1 is 1.10 bits per heavy atom. The number of thiazole rings is 1. The van der Waals surface area contributed by atoms with Crippen molar-refractivity contribution in [1.82, 2.24) is 4.57 Å². The lowest BCUT2D eigenvalue weighted by atomic mass is 10.2. The van der Waals surface area contributed by atoms with E-state index in [-0.39, 0.29) is 28.2 Å². The lowest BCUT2D eigenvalue weighted by Gasteiger charge is -2.20. The number of carbonyl (C=O) groups excluding carboxylic acids is 2. The first-order valence-corrected chi connectivity index (χ1v) is 10.8. The minimum absolute atomic E-state index is 0.00267. The molecular formula is C22H23F2N3O3S. The van der Waals surface area contributed by atoms with Crippen LogP contribution >= 0.6 is 11.3 Å². The van der Waals surface area contributed by atoms with E-state index in [1.54, 1.807) is 19.1 Å². The largest absolute Gasteiger partial charge is 0.465 e. The Balaban J connectivity index is 2.05. The van der Waals surface area contributed by atoms with Crippen molar-refractivity contribution in [2.45, 2.75) is 27.3 Å². The fourth-order valence-electron chi connectivity index (χ4n) is 3.25. The first-order chi connectivity index (χ1) is 14.9. The van der Waals surface area contributed by atoms with E-state index in [1.807, 2.05) is 26.0 Å². The van der Waals surface area contributed by atoms with Gasteiger partial charge in [-0.15, -0.1) is 0 Å². The number of carbonyl (C=O) groups is 2. The second-order valence-corrected chi connectivity index (χ2v) is 7.66. The molecule has 9 heteroatoms. The van der Waals surface area contributed by atoms with E-state index in [2.05, 4.69) is 9.89 Å². The number of anilines is 1. The zero-order valence-corrected chi connectivity index (χ0v) is 18.3. The van der Waals surface area contributed by atoms with Gasteiger partial charge in [0.2, 0.25) is 0 Å². The maximum Gasteiger partial charge on any atom is 0.326 e. The van der Waals surface area contributed by atoms with E-state index in [0.717, 1.165) is 42.2 Å². The molecule has 0 saturated carbocycles. The lowest BCUT2D eigenvalue weighted by Crippen LogP contribution is -2.23. The number of aromatic nitrogens is 1. The third-order valence-corrected chi connectivity index (χ3v) is 5.75. The fourth-order valence-corrected chi connectivity index (χ4v) is 4.32. The number of amides is 1. The Labute approximate surface area is 182 Å². The summed E-state index contributed by atoms with van der Waals surface area (Å²) in [4.78, 5) is 31.1. The Bertz CT molecular complexity index is 1170. The molecule has 3 aromatic rings. The maximum atomic E-state index is 14.5. The van der Waals surface area contributed by atoms with Crippen LogP contribution in [0.4, 0.5) is 14.5 Å². The minimum Gasteiger partial charge on any atom is -0.465 e. The SMILES string of the molecule is CCOC(=O)Cn1c(=NC(=O)c2ccc(N(CC)CC)cc2)sc2cc(F)cc(F)c21. The third-order valence-electron chi connectivity index (χ3n) is 4.73. The molecule has 0 N–H and O–H groups in total. The van der Waals surface area contributed by atoms with Crippen molar-refractivity contribution in [3.8, 4) is 0 Å². The van der Waals surface area contributed by atoms with Crippen molar-refractivity contribution < 1.29 is 23.1 Å². The van der Waals surface area contributed by atoms with Gasteiger partial charge in [0.25, 0.3) is 5.91 Å². The summed E-state index contributed by atoms with van der Waals surface area (Å²) < 4.78 is 34.6. The molecule has 0 unspecified atom stereocenters. The Kier molecular flexibility index (Phi) is 7.17. The van der Waals surface area contributed by atoms with E-state index in [9.17, 15) is 18.4 Å². The van der Waals surface area contributed by atoms with Gasteiger partial charge in [0.05, 0.1) is 16.8 Å². The molecule has 3 rings (SSSR count). The summed E-state index contributed by atoms with van der Waals surface area (Å²) in [5.74, 6) is -2.74. The van der Waals surface area contributed by atoms with Crippen molar-refractivity contribution in [2.75, 3.05) is 24.6 Å². The molecule has 1 amide bonds. The van der Waals surface area contributed by atoms with Gasteiger partial charge in [0, 0.05) is 30.4 Å². The highest BCUT2D eigenvalue weighted by Crippen LogP contribution is 2.23. The van der Waals surface area contributed by atoms with Crippen molar-refractivity contribution in [3.63, 3.8) is 0 Å². The van der Waals surface area contributed by atoms with Crippen LogP contribution in [0.25, 0.3) is 10.2 Å². The number of fused-ring (bicyclic) bond motifs is 1. The number of hydrogen-bond acceptors (Lipinski definition) is 5. The van der Waals surface area contributed by atoms with Crippen molar-refractivity contribution >= 4 is 39.1 Å². The molecule has 0 bridgehead atoms. The van der Waals surface area contributed by atoms with E-state index < -0.39 is 23.5 Å². The van der Waals surface area contributed by atoms with Gasteiger partial charge in [-0.1, -0.05) is 11.3 Å². The minimum atomic E-state index is -0.840. The molecule has 2 aromatic carbocycles. The molecular weight excluding hydrogens is 424 g/mol. The average Bonchev–Trinajstić information content (AvgIpc) is 3.06. The van der Waals surface area contributed by atoms with Crippen LogP contribution in [0, 0.1) is 11.6 Å². The lowest BCUT2D eigenvalue weighted by molar-refractivity contribution is -0.143. The second kappa shape index (κ2) is 9.82. The highest BCUT2D eigenvalue weighted by Gasteiger charge is 2.17. The van der Waals surface area contributed by atoms with Crippen LogP contribution in [0.5, 0.6) is 0 Å². The van der Waals surface area contributed by atoms with Crippen LogP contribution in [0.2, 0.25) is 0 Å². The first kappa shape index (κ1) is 22.6. The van der Waals surface area contributed by atoms with Gasteiger partial charge in [-0.05, 0) is 51.1 Å². The number of esters is 1. The highest BCUT2D eigenvalue weighted by atomic mass is 32.1. The molecule has 0 aliphatic rings. The van der Waals surface area contributed by atoms with Crippen LogP contribution in [-0.2, 0) is 16.1 Å². The van der Waals surface area contributed by atoms with Crippen molar-refractivity contribution in [2.24, 2.45) is 4.99 Å². The molecule has 0 atom stereocenters. The predicted octanol–water partition coefficient (Wildman–Crippen LogP) is 4.13. The van der Waals surface area contributed by atoms with E-state index in [1.165, 1.54) is 4.57 Å². The van der Waals surface area contributed by atoms with Gasteiger partial charge in [-0.2, -0.15) is 4.99 Å². The van der Waals surface area contributed by atoms with Gasteiger partial charge in [0.15, 0.2) is 10.6 Å². The number of benzene rings is 2. The van der Waals surface area contributed by atoms with E-state index in [4.69, 9.17) is 4.74 Å². The number of nitrogens with zero attached hydrogens (tertiary/aromatic N) is 3. The number of halogens is 2. The monoisotopic (exact) mass is 447 g/mol. The molecule has 1 aromatic heterocycles. The van der Waals surface area contributed by atoms with Gasteiger partial charge < -0.3 is 14.2 Å². The van der Waals surface area contributed by atoms with Crippen LogP contribution in [0.1, 0.15) is 31.1 Å². The second-order valence-electron chi connectivity index (χ2n) is 6.65. The summed E-state index contributed by atoms with van der Waals surface area (Å²) in [5, 5.41) is 0. The van der Waals surface area contributed by atoms with Crippen LogP contribution in [0.3, 0.4) is 0 Å². The molecule has 0 saturated heterocycles. The molecule has 6 nitrogen and oxygen atoms in total. The van der Waals surface area contributed by atoms with Crippen LogP contribution < -0.4 is 9.70 Å². The van der Waals surface area contributed by atoms with Gasteiger partial charge >= 0.3 is 5.97 Å². The fraction of sp³-hybridized carbons (Fsp3) is 0.318. The smallest absolute Gasteiger partial charge is 0.326 e. The Hall–Kier alpha value is -3.07. The maximum absolute atomic E-state index is 14.5. The average molecular weight is 448 g/mol. The topological polar surface area (TPSA) is 63.9 Å². The van der Waals surface area contributed by atoms with Crippen molar-refractivity contribution in [1.29, 1.82) is 0 Å². The highest BCUT2D eigenvalue weighted by molar-refractivity contribution is 7.16. The molecule has 0 aliphatic carbocycles. The standard InChI is InChI=1S/C22H23F2N3O3S/c1-4-26(5-2)16-9-7-14(8-10-16)21(29)25-22-27(13-19(28)30-6-3)20-17(24)11-15(23)12-18(20)31-22/h7-12H,4-6,13H2,1-3H3. The molecule has 164 valence electrons. The molecule has 0 aliphatic heterocycles. The third kappa shape index (κ3) is 4.99. The first-order valence-electron chi connectivity index (χ1n) is 9.95. The summed E-state index contributed by atoms with van der Waals surface area (Å²) in [6.07, 6.45) is 0. The van der Waals surface area contributed by atoms with Gasteiger partial charge in [0.1, 0.15) is 12.4 Å². The quantitative estimate of drug-likeness (QED) is 0.511. The predicted molar refractivity (Wildman–Crippen MR) is 116 cm³/mol. The summed E-state index contributed by atoms with van der Waals surface area (Å²) in [6, 6.07) is 8.89. The normalized spacial score (nSPS) is 11.7. The Morgan fingerprint density at radius 3 is 2.39 bits per heavy atom. The molecule has 0 spiro atoms. The van der Waals surface area contributed by atoms with Crippen LogP contribution in [0.15, 0.2) is 41.4 Å². The van der Waals surface area contributed by atoms with E-state index in [0.29, 0.717) is 5.56 Å². The Morgan fingerprint density at radius 2 is 1.77 bits per heavy atom. The molecule has 1 heterocycles. The number of rotatable bonds is 7. The number of ether oxygens (including phenoxy) is 1. The summed E-state index contributed by atoms with van der Waals surface area (Å²) in [7, 11) is 0. The summed E-state index contributed by atoms with van der Waals surface area (Å²) in [5.41, 5.74) is 1.34. The summed E-state index contributed by atoms with van der Waals surface area (Å²) >= 11 is 0.930. The van der Waals surface area contributed by atoms with Gasteiger partial charge in [-0.3, -0.25) is 9.59 Å². The van der Waals surface area contributed by atoms with Gasteiger partial charge in [-0.25, -0.2) is 8.78 Å². The zero-order valence-electron chi connectivity index (χ0n) is 17.5. The number of hydrogen-bond donors (Lipinski definition) is 0. The molecule has 0 fully saturated rings. The molecule has 31 heavy (non-hydrogen) atoms. The zero-order chi connectivity index (χ0) is 22.5. The molecule has 0 radical (unpaired) electrons. The summed E-state index contributed by atoms with van der Waals surface area (Å²) in [6.45, 7) is 7.23. The van der Waals surface area contributed by atoms with E-state index >= 15 is 0 Å². The van der Waals surface area contributed by atoms with Crippen LogP contribution in [-0.4, -0.2) is 36.1 Å².